The molecular weight excluding hydrogens is 270 g/mol. The number of nitro groups is 1. The number of pyridine rings is 1. The quantitative estimate of drug-likeness (QED) is 0.624. The lowest BCUT2D eigenvalue weighted by Gasteiger charge is -2.08. The van der Waals surface area contributed by atoms with Gasteiger partial charge in [0.2, 0.25) is 0 Å². The molecule has 0 aliphatic heterocycles. The van der Waals surface area contributed by atoms with Crippen LogP contribution in [-0.4, -0.2) is 16.5 Å². The second kappa shape index (κ2) is 7.23. The van der Waals surface area contributed by atoms with Gasteiger partial charge in [-0.15, -0.1) is 0 Å². The average molecular weight is 287 g/mol. The second-order valence-electron chi connectivity index (χ2n) is 4.50. The van der Waals surface area contributed by atoms with Crippen LogP contribution in [-0.2, 0) is 6.61 Å². The molecular formula is C15H17N3O3. The first-order valence-electron chi connectivity index (χ1n) is 6.75. The number of anilines is 1. The van der Waals surface area contributed by atoms with Gasteiger partial charge in [-0.3, -0.25) is 15.1 Å². The highest BCUT2D eigenvalue weighted by molar-refractivity contribution is 5.43. The van der Waals surface area contributed by atoms with Crippen LogP contribution < -0.4 is 10.1 Å². The summed E-state index contributed by atoms with van der Waals surface area (Å²) in [6, 6.07) is 9.84. The van der Waals surface area contributed by atoms with Crippen LogP contribution in [0.1, 0.15) is 19.0 Å². The summed E-state index contributed by atoms with van der Waals surface area (Å²) in [7, 11) is 0. The number of nitrogens with one attached hydrogen (secondary N) is 1. The van der Waals surface area contributed by atoms with Crippen LogP contribution in [0.4, 0.5) is 11.4 Å². The molecule has 0 saturated carbocycles. The molecule has 0 saturated heterocycles. The van der Waals surface area contributed by atoms with Gasteiger partial charge in [-0.1, -0.05) is 6.92 Å². The van der Waals surface area contributed by atoms with E-state index < -0.39 is 4.92 Å². The molecule has 0 aliphatic rings. The molecule has 0 bridgehead atoms. The molecule has 6 nitrogen and oxygen atoms in total. The van der Waals surface area contributed by atoms with E-state index in [0.29, 0.717) is 12.4 Å². The first kappa shape index (κ1) is 14.8. The summed E-state index contributed by atoms with van der Waals surface area (Å²) in [5.74, 6) is 0.578. The molecule has 0 fully saturated rings. The van der Waals surface area contributed by atoms with Gasteiger partial charge in [0.1, 0.15) is 12.4 Å². The molecule has 6 heteroatoms. The zero-order valence-corrected chi connectivity index (χ0v) is 11.8. The van der Waals surface area contributed by atoms with Gasteiger partial charge in [-0.05, 0) is 30.7 Å². The Labute approximate surface area is 122 Å². The van der Waals surface area contributed by atoms with Gasteiger partial charge in [0.25, 0.3) is 5.69 Å². The summed E-state index contributed by atoms with van der Waals surface area (Å²) in [6.07, 6.45) is 2.78. The Morgan fingerprint density at radius 3 is 2.71 bits per heavy atom. The number of nitro benzene ring substituents is 1. The zero-order chi connectivity index (χ0) is 15.1. The van der Waals surface area contributed by atoms with E-state index >= 15 is 0 Å². The van der Waals surface area contributed by atoms with Gasteiger partial charge in [-0.2, -0.15) is 0 Å². The van der Waals surface area contributed by atoms with Crippen molar-refractivity contribution in [3.05, 3.63) is 58.4 Å². The summed E-state index contributed by atoms with van der Waals surface area (Å²) in [6.45, 7) is 3.33. The molecule has 1 aromatic carbocycles. The van der Waals surface area contributed by atoms with Crippen LogP contribution in [0.3, 0.4) is 0 Å². The van der Waals surface area contributed by atoms with E-state index in [1.54, 1.807) is 18.3 Å². The highest BCUT2D eigenvalue weighted by Gasteiger charge is 2.05. The third-order valence-electron chi connectivity index (χ3n) is 2.83. The van der Waals surface area contributed by atoms with E-state index in [2.05, 4.69) is 17.2 Å². The Morgan fingerprint density at radius 2 is 2.05 bits per heavy atom. The first-order chi connectivity index (χ1) is 10.2. The number of non-ortho nitro benzene ring substituents is 1. The summed E-state index contributed by atoms with van der Waals surface area (Å²) in [5, 5.41) is 13.8. The minimum Gasteiger partial charge on any atom is -0.487 e. The van der Waals surface area contributed by atoms with Crippen LogP contribution in [0.5, 0.6) is 5.75 Å². The molecule has 0 unspecified atom stereocenters. The maximum Gasteiger partial charge on any atom is 0.269 e. The van der Waals surface area contributed by atoms with E-state index in [9.17, 15) is 10.1 Å². The second-order valence-corrected chi connectivity index (χ2v) is 4.50. The molecule has 21 heavy (non-hydrogen) atoms. The predicted octanol–water partition coefficient (Wildman–Crippen LogP) is 3.39. The molecule has 0 radical (unpaired) electrons. The number of aromatic nitrogens is 1. The molecule has 1 heterocycles. The highest BCUT2D eigenvalue weighted by atomic mass is 16.6. The van der Waals surface area contributed by atoms with Crippen molar-refractivity contribution in [2.24, 2.45) is 0 Å². The maximum atomic E-state index is 10.6. The average Bonchev–Trinajstić information content (AvgIpc) is 2.52. The van der Waals surface area contributed by atoms with Gasteiger partial charge in [0.05, 0.1) is 10.6 Å². The van der Waals surface area contributed by atoms with Gasteiger partial charge in [0, 0.05) is 30.6 Å². The summed E-state index contributed by atoms with van der Waals surface area (Å²) in [5.41, 5.74) is 1.86. The lowest BCUT2D eigenvalue weighted by Crippen LogP contribution is -2.03. The number of hydrogen-bond acceptors (Lipinski definition) is 5. The fourth-order valence-corrected chi connectivity index (χ4v) is 1.76. The van der Waals surface area contributed by atoms with E-state index in [4.69, 9.17) is 4.74 Å². The van der Waals surface area contributed by atoms with Crippen molar-refractivity contribution in [3.63, 3.8) is 0 Å². The van der Waals surface area contributed by atoms with Crippen LogP contribution in [0.2, 0.25) is 0 Å². The van der Waals surface area contributed by atoms with Gasteiger partial charge < -0.3 is 10.1 Å². The normalized spacial score (nSPS) is 10.1. The predicted molar refractivity (Wildman–Crippen MR) is 80.4 cm³/mol. The van der Waals surface area contributed by atoms with Gasteiger partial charge >= 0.3 is 0 Å². The van der Waals surface area contributed by atoms with Crippen molar-refractivity contribution in [2.45, 2.75) is 20.0 Å². The zero-order valence-electron chi connectivity index (χ0n) is 11.8. The van der Waals surface area contributed by atoms with Crippen molar-refractivity contribution in [2.75, 3.05) is 11.9 Å². The lowest BCUT2D eigenvalue weighted by atomic mass is 10.3. The lowest BCUT2D eigenvalue weighted by molar-refractivity contribution is -0.384. The SMILES string of the molecule is CCCNc1ccnc(COc2ccc([N+](=O)[O-])cc2)c1. The Balaban J connectivity index is 1.94. The number of benzene rings is 1. The largest absolute Gasteiger partial charge is 0.487 e. The topological polar surface area (TPSA) is 77.3 Å². The molecule has 1 aromatic heterocycles. The fourth-order valence-electron chi connectivity index (χ4n) is 1.76. The Morgan fingerprint density at radius 1 is 1.29 bits per heavy atom. The molecule has 110 valence electrons. The molecule has 2 aromatic rings. The fraction of sp³-hybridized carbons (Fsp3) is 0.267. The minimum absolute atomic E-state index is 0.0474. The Hall–Kier alpha value is -2.63. The third-order valence-corrected chi connectivity index (χ3v) is 2.83. The number of nitrogens with zero attached hydrogens (tertiary/aromatic N) is 2. The summed E-state index contributed by atoms with van der Waals surface area (Å²) in [4.78, 5) is 14.4. The third kappa shape index (κ3) is 4.45. The molecule has 0 aliphatic carbocycles. The first-order valence-corrected chi connectivity index (χ1v) is 6.75. The molecule has 1 N–H and O–H groups in total. The number of rotatable bonds is 7. The van der Waals surface area contributed by atoms with E-state index in [1.807, 2.05) is 12.1 Å². The van der Waals surface area contributed by atoms with E-state index in [0.717, 1.165) is 24.3 Å². The van der Waals surface area contributed by atoms with Crippen LogP contribution in [0, 0.1) is 10.1 Å². The minimum atomic E-state index is -0.436. The smallest absolute Gasteiger partial charge is 0.269 e. The number of hydrogen-bond donors (Lipinski definition) is 1. The standard InChI is InChI=1S/C15H17N3O3/c1-2-8-16-12-7-9-17-13(10-12)11-21-15-5-3-14(4-6-15)18(19)20/h3-7,9-10H,2,8,11H2,1H3,(H,16,17). The monoisotopic (exact) mass is 287 g/mol. The van der Waals surface area contributed by atoms with Crippen molar-refractivity contribution in [3.8, 4) is 5.75 Å². The highest BCUT2D eigenvalue weighted by Crippen LogP contribution is 2.18. The van der Waals surface area contributed by atoms with Crippen molar-refractivity contribution >= 4 is 11.4 Å². The number of ether oxygens (including phenoxy) is 1. The molecule has 2 rings (SSSR count). The van der Waals surface area contributed by atoms with Crippen LogP contribution in [0.25, 0.3) is 0 Å². The van der Waals surface area contributed by atoms with Gasteiger partial charge in [-0.25, -0.2) is 0 Å². The van der Waals surface area contributed by atoms with Crippen molar-refractivity contribution in [1.29, 1.82) is 0 Å². The van der Waals surface area contributed by atoms with Gasteiger partial charge in [0.15, 0.2) is 0 Å². The van der Waals surface area contributed by atoms with Crippen molar-refractivity contribution in [1.82, 2.24) is 4.98 Å². The molecule has 0 amide bonds. The Kier molecular flexibility index (Phi) is 5.09. The maximum absolute atomic E-state index is 10.6. The summed E-state index contributed by atoms with van der Waals surface area (Å²) < 4.78 is 5.57. The van der Waals surface area contributed by atoms with Crippen LogP contribution >= 0.6 is 0 Å². The van der Waals surface area contributed by atoms with E-state index in [1.165, 1.54) is 12.1 Å². The Bertz CT molecular complexity index is 599. The van der Waals surface area contributed by atoms with Crippen LogP contribution in [0.15, 0.2) is 42.6 Å². The molecule has 0 atom stereocenters. The summed E-state index contributed by atoms with van der Waals surface area (Å²) >= 11 is 0. The molecule has 0 spiro atoms. The van der Waals surface area contributed by atoms with Crippen molar-refractivity contribution < 1.29 is 9.66 Å². The van der Waals surface area contributed by atoms with E-state index in [-0.39, 0.29) is 5.69 Å².